The zero-order chi connectivity index (χ0) is 8.97. The summed E-state index contributed by atoms with van der Waals surface area (Å²) in [6, 6.07) is 3.61. The molecule has 0 bridgehead atoms. The smallest absolute Gasteiger partial charge is 0.328 e. The van der Waals surface area contributed by atoms with E-state index in [1.165, 1.54) is 7.11 Å². The number of ether oxygens (including phenoxy) is 1. The standard InChI is InChI=1S/C9H13NO2/c1-3-8(9(11)12-2)10-6-4-5-7-10/h4-8H,3H2,1-2H3/t8-/m1/s1. The van der Waals surface area contributed by atoms with E-state index in [1.807, 2.05) is 36.0 Å². The van der Waals surface area contributed by atoms with E-state index >= 15 is 0 Å². The van der Waals surface area contributed by atoms with Crippen LogP contribution in [0, 0.1) is 0 Å². The first-order valence-electron chi connectivity index (χ1n) is 4.00. The largest absolute Gasteiger partial charge is 0.467 e. The van der Waals surface area contributed by atoms with Crippen LogP contribution < -0.4 is 0 Å². The quantitative estimate of drug-likeness (QED) is 0.640. The van der Waals surface area contributed by atoms with Gasteiger partial charge in [-0.25, -0.2) is 4.79 Å². The van der Waals surface area contributed by atoms with Crippen LogP contribution in [0.25, 0.3) is 0 Å². The summed E-state index contributed by atoms with van der Waals surface area (Å²) in [5, 5.41) is 0. The van der Waals surface area contributed by atoms with Crippen LogP contribution in [0.1, 0.15) is 19.4 Å². The fourth-order valence-electron chi connectivity index (χ4n) is 1.19. The van der Waals surface area contributed by atoms with E-state index in [2.05, 4.69) is 4.74 Å². The molecule has 12 heavy (non-hydrogen) atoms. The van der Waals surface area contributed by atoms with Gasteiger partial charge in [0.15, 0.2) is 0 Å². The third-order valence-corrected chi connectivity index (χ3v) is 1.85. The monoisotopic (exact) mass is 167 g/mol. The lowest BCUT2D eigenvalue weighted by Crippen LogP contribution is -2.18. The number of esters is 1. The van der Waals surface area contributed by atoms with E-state index in [1.54, 1.807) is 0 Å². The second-order valence-corrected chi connectivity index (χ2v) is 2.58. The fourth-order valence-corrected chi connectivity index (χ4v) is 1.19. The Morgan fingerprint density at radius 3 is 2.50 bits per heavy atom. The molecule has 0 fully saturated rings. The molecule has 0 aromatic carbocycles. The van der Waals surface area contributed by atoms with E-state index in [9.17, 15) is 4.79 Å². The van der Waals surface area contributed by atoms with Gasteiger partial charge in [-0.2, -0.15) is 0 Å². The van der Waals surface area contributed by atoms with E-state index < -0.39 is 0 Å². The summed E-state index contributed by atoms with van der Waals surface area (Å²) >= 11 is 0. The fraction of sp³-hybridized carbons (Fsp3) is 0.444. The van der Waals surface area contributed by atoms with Crippen molar-refractivity contribution in [2.75, 3.05) is 7.11 Å². The Kier molecular flexibility index (Phi) is 2.91. The number of methoxy groups -OCH3 is 1. The van der Waals surface area contributed by atoms with Crippen LogP contribution >= 0.6 is 0 Å². The van der Waals surface area contributed by atoms with E-state index in [0.717, 1.165) is 6.42 Å². The first-order valence-corrected chi connectivity index (χ1v) is 4.00. The molecule has 1 heterocycles. The van der Waals surface area contributed by atoms with E-state index in [0.29, 0.717) is 0 Å². The van der Waals surface area contributed by atoms with Gasteiger partial charge in [0.25, 0.3) is 0 Å². The van der Waals surface area contributed by atoms with Crippen molar-refractivity contribution in [3.63, 3.8) is 0 Å². The molecule has 0 aliphatic heterocycles. The average molecular weight is 167 g/mol. The molecule has 3 nitrogen and oxygen atoms in total. The number of carbonyl (C=O) groups is 1. The molecule has 1 rings (SSSR count). The molecule has 0 amide bonds. The second kappa shape index (κ2) is 3.95. The van der Waals surface area contributed by atoms with Crippen molar-refractivity contribution in [1.82, 2.24) is 4.57 Å². The summed E-state index contributed by atoms with van der Waals surface area (Å²) in [5.41, 5.74) is 0. The van der Waals surface area contributed by atoms with Gasteiger partial charge in [-0.1, -0.05) is 6.92 Å². The Bertz CT molecular complexity index is 241. The predicted octanol–water partition coefficient (Wildman–Crippen LogP) is 1.61. The lowest BCUT2D eigenvalue weighted by Gasteiger charge is -2.13. The minimum absolute atomic E-state index is 0.176. The minimum atomic E-state index is -0.186. The van der Waals surface area contributed by atoms with Crippen molar-refractivity contribution < 1.29 is 9.53 Å². The molecule has 0 unspecified atom stereocenters. The molecule has 0 aliphatic rings. The van der Waals surface area contributed by atoms with Crippen molar-refractivity contribution in [1.29, 1.82) is 0 Å². The van der Waals surface area contributed by atoms with Crippen molar-refractivity contribution >= 4 is 5.97 Å². The van der Waals surface area contributed by atoms with E-state index in [4.69, 9.17) is 0 Å². The number of aromatic nitrogens is 1. The van der Waals surface area contributed by atoms with Crippen LogP contribution in [-0.4, -0.2) is 17.6 Å². The van der Waals surface area contributed by atoms with Crippen molar-refractivity contribution in [3.05, 3.63) is 24.5 Å². The molecular formula is C9H13NO2. The van der Waals surface area contributed by atoms with Crippen molar-refractivity contribution in [3.8, 4) is 0 Å². The normalized spacial score (nSPS) is 12.5. The van der Waals surface area contributed by atoms with Crippen LogP contribution in [0.4, 0.5) is 0 Å². The number of hydrogen-bond donors (Lipinski definition) is 0. The van der Waals surface area contributed by atoms with Gasteiger partial charge in [-0.3, -0.25) is 0 Å². The highest BCUT2D eigenvalue weighted by atomic mass is 16.5. The van der Waals surface area contributed by atoms with Crippen LogP contribution in [-0.2, 0) is 9.53 Å². The molecule has 1 aromatic rings. The summed E-state index contributed by atoms with van der Waals surface area (Å²) in [5.74, 6) is -0.186. The number of carbonyl (C=O) groups excluding carboxylic acids is 1. The molecule has 0 N–H and O–H groups in total. The van der Waals surface area contributed by atoms with Crippen LogP contribution in [0.2, 0.25) is 0 Å². The van der Waals surface area contributed by atoms with Crippen LogP contribution in [0.5, 0.6) is 0 Å². The summed E-state index contributed by atoms with van der Waals surface area (Å²) < 4.78 is 6.52. The Morgan fingerprint density at radius 1 is 1.50 bits per heavy atom. The summed E-state index contributed by atoms with van der Waals surface area (Å²) in [4.78, 5) is 11.2. The highest BCUT2D eigenvalue weighted by Gasteiger charge is 2.16. The zero-order valence-electron chi connectivity index (χ0n) is 7.36. The average Bonchev–Trinajstić information content (AvgIpc) is 2.58. The molecule has 0 radical (unpaired) electrons. The molecule has 0 saturated carbocycles. The van der Waals surface area contributed by atoms with Gasteiger partial charge in [0.05, 0.1) is 7.11 Å². The Balaban J connectivity index is 2.76. The molecule has 0 spiro atoms. The maximum Gasteiger partial charge on any atom is 0.328 e. The Labute approximate surface area is 72.0 Å². The van der Waals surface area contributed by atoms with E-state index in [-0.39, 0.29) is 12.0 Å². The van der Waals surface area contributed by atoms with Crippen LogP contribution in [0.3, 0.4) is 0 Å². The van der Waals surface area contributed by atoms with Crippen molar-refractivity contribution in [2.45, 2.75) is 19.4 Å². The van der Waals surface area contributed by atoms with Gasteiger partial charge < -0.3 is 9.30 Å². The molecule has 66 valence electrons. The molecule has 3 heteroatoms. The van der Waals surface area contributed by atoms with Gasteiger partial charge in [-0.15, -0.1) is 0 Å². The van der Waals surface area contributed by atoms with Crippen molar-refractivity contribution in [2.24, 2.45) is 0 Å². The third-order valence-electron chi connectivity index (χ3n) is 1.85. The predicted molar refractivity (Wildman–Crippen MR) is 45.8 cm³/mol. The first-order chi connectivity index (χ1) is 5.79. The summed E-state index contributed by atoms with van der Waals surface area (Å²) in [6.07, 6.45) is 4.48. The van der Waals surface area contributed by atoms with Gasteiger partial charge >= 0.3 is 5.97 Å². The SMILES string of the molecule is CC[C@H](C(=O)OC)n1cccc1. The molecule has 0 saturated heterocycles. The number of nitrogens with zero attached hydrogens (tertiary/aromatic N) is 1. The Morgan fingerprint density at radius 2 is 2.08 bits per heavy atom. The summed E-state index contributed by atoms with van der Waals surface area (Å²) in [6.45, 7) is 1.96. The topological polar surface area (TPSA) is 31.2 Å². The maximum atomic E-state index is 11.2. The van der Waals surface area contributed by atoms with Gasteiger partial charge in [0, 0.05) is 12.4 Å². The van der Waals surface area contributed by atoms with Gasteiger partial charge in [0.1, 0.15) is 6.04 Å². The third kappa shape index (κ3) is 1.67. The molecule has 1 aromatic heterocycles. The molecular weight excluding hydrogens is 154 g/mol. The summed E-state index contributed by atoms with van der Waals surface area (Å²) in [7, 11) is 1.41. The Hall–Kier alpha value is -1.25. The second-order valence-electron chi connectivity index (χ2n) is 2.58. The first kappa shape index (κ1) is 8.84. The number of hydrogen-bond acceptors (Lipinski definition) is 2. The molecule has 0 aliphatic carbocycles. The molecule has 1 atom stereocenters. The van der Waals surface area contributed by atoms with Crippen LogP contribution in [0.15, 0.2) is 24.5 Å². The van der Waals surface area contributed by atoms with Gasteiger partial charge in [0.2, 0.25) is 0 Å². The minimum Gasteiger partial charge on any atom is -0.467 e. The number of rotatable bonds is 3. The highest BCUT2D eigenvalue weighted by Crippen LogP contribution is 2.12. The zero-order valence-corrected chi connectivity index (χ0v) is 7.36. The lowest BCUT2D eigenvalue weighted by molar-refractivity contribution is -0.144. The maximum absolute atomic E-state index is 11.2. The van der Waals surface area contributed by atoms with Gasteiger partial charge in [-0.05, 0) is 18.6 Å². The highest BCUT2D eigenvalue weighted by molar-refractivity contribution is 5.73. The lowest BCUT2D eigenvalue weighted by atomic mass is 10.2.